The van der Waals surface area contributed by atoms with E-state index in [0.29, 0.717) is 0 Å². The first-order chi connectivity index (χ1) is 10.7. The maximum atomic E-state index is 10.9. The number of nitrogens with zero attached hydrogens (tertiary/aromatic N) is 4. The van der Waals surface area contributed by atoms with Crippen LogP contribution >= 0.6 is 0 Å². The van der Waals surface area contributed by atoms with Crippen LogP contribution in [0.25, 0.3) is 0 Å². The van der Waals surface area contributed by atoms with Crippen molar-refractivity contribution >= 4 is 5.82 Å². The number of anilines is 1. The third kappa shape index (κ3) is 3.77. The van der Waals surface area contributed by atoms with Crippen molar-refractivity contribution in [2.75, 3.05) is 57.3 Å². The quantitative estimate of drug-likeness (QED) is 0.901. The van der Waals surface area contributed by atoms with Gasteiger partial charge in [-0.25, -0.2) is 4.98 Å². The first kappa shape index (κ1) is 15.7. The number of aliphatic hydroxyl groups is 1. The van der Waals surface area contributed by atoms with E-state index in [-0.39, 0.29) is 0 Å². The molecule has 2 aliphatic heterocycles. The van der Waals surface area contributed by atoms with Gasteiger partial charge in [0.15, 0.2) is 0 Å². The molecule has 1 aromatic heterocycles. The van der Waals surface area contributed by atoms with Gasteiger partial charge in [-0.05, 0) is 38.1 Å². The highest BCUT2D eigenvalue weighted by atomic mass is 16.3. The Morgan fingerprint density at radius 2 is 1.95 bits per heavy atom. The van der Waals surface area contributed by atoms with Crippen molar-refractivity contribution in [2.45, 2.75) is 25.4 Å². The molecule has 22 heavy (non-hydrogen) atoms. The molecule has 3 rings (SSSR count). The summed E-state index contributed by atoms with van der Waals surface area (Å²) in [5.41, 5.74) is -0.526. The molecule has 0 amide bonds. The molecule has 2 fully saturated rings. The Bertz CT molecular complexity index is 461. The van der Waals surface area contributed by atoms with Gasteiger partial charge in [-0.15, -0.1) is 0 Å². The number of hydrogen-bond acceptors (Lipinski definition) is 5. The summed E-state index contributed by atoms with van der Waals surface area (Å²) in [6, 6.07) is 6.07. The lowest BCUT2D eigenvalue weighted by Crippen LogP contribution is -2.57. The fourth-order valence-electron chi connectivity index (χ4n) is 3.70. The topological polar surface area (TPSA) is 42.8 Å². The Morgan fingerprint density at radius 1 is 1.14 bits per heavy atom. The van der Waals surface area contributed by atoms with Crippen molar-refractivity contribution in [1.82, 2.24) is 14.8 Å². The third-order valence-corrected chi connectivity index (χ3v) is 4.95. The zero-order valence-corrected chi connectivity index (χ0v) is 13.6. The first-order valence-electron chi connectivity index (χ1n) is 8.52. The van der Waals surface area contributed by atoms with E-state index in [4.69, 9.17) is 0 Å². The van der Waals surface area contributed by atoms with Gasteiger partial charge in [0.2, 0.25) is 0 Å². The lowest BCUT2D eigenvalue weighted by molar-refractivity contribution is -0.0527. The van der Waals surface area contributed by atoms with Crippen molar-refractivity contribution in [2.24, 2.45) is 0 Å². The Balaban J connectivity index is 1.51. The second-order valence-electron chi connectivity index (χ2n) is 6.65. The molecule has 0 aliphatic carbocycles. The highest BCUT2D eigenvalue weighted by molar-refractivity contribution is 5.38. The zero-order chi connectivity index (χ0) is 15.4. The number of likely N-dealkylation sites (tertiary alicyclic amines) is 1. The SMILES string of the molecule is CCN1CCCC(O)(CN2CCN(c3ccccn3)CC2)C1. The van der Waals surface area contributed by atoms with Crippen LogP contribution in [0, 0.1) is 0 Å². The first-order valence-corrected chi connectivity index (χ1v) is 8.52. The maximum absolute atomic E-state index is 10.9. The molecule has 1 aromatic rings. The molecule has 5 nitrogen and oxygen atoms in total. The van der Waals surface area contributed by atoms with E-state index in [1.165, 1.54) is 0 Å². The summed E-state index contributed by atoms with van der Waals surface area (Å²) in [4.78, 5) is 11.5. The van der Waals surface area contributed by atoms with Crippen LogP contribution < -0.4 is 4.90 Å². The minimum atomic E-state index is -0.526. The van der Waals surface area contributed by atoms with Crippen LogP contribution in [0.2, 0.25) is 0 Å². The van der Waals surface area contributed by atoms with Gasteiger partial charge in [-0.1, -0.05) is 13.0 Å². The van der Waals surface area contributed by atoms with Gasteiger partial charge in [0, 0.05) is 45.5 Å². The number of piperidine rings is 1. The van der Waals surface area contributed by atoms with Gasteiger partial charge in [0.1, 0.15) is 5.82 Å². The number of hydrogen-bond donors (Lipinski definition) is 1. The molecule has 0 radical (unpaired) electrons. The second-order valence-corrected chi connectivity index (χ2v) is 6.65. The number of piperazine rings is 1. The summed E-state index contributed by atoms with van der Waals surface area (Å²) < 4.78 is 0. The van der Waals surface area contributed by atoms with E-state index in [2.05, 4.69) is 32.7 Å². The van der Waals surface area contributed by atoms with Crippen LogP contribution in [0.15, 0.2) is 24.4 Å². The van der Waals surface area contributed by atoms with E-state index in [1.807, 2.05) is 18.3 Å². The van der Waals surface area contributed by atoms with E-state index < -0.39 is 5.60 Å². The number of aromatic nitrogens is 1. The van der Waals surface area contributed by atoms with Crippen LogP contribution in [-0.2, 0) is 0 Å². The fourth-order valence-corrected chi connectivity index (χ4v) is 3.70. The van der Waals surface area contributed by atoms with Gasteiger partial charge in [-0.2, -0.15) is 0 Å². The van der Waals surface area contributed by atoms with E-state index in [0.717, 1.165) is 71.0 Å². The molecule has 0 bridgehead atoms. The summed E-state index contributed by atoms with van der Waals surface area (Å²) in [6.45, 7) is 9.97. The average Bonchev–Trinajstić information content (AvgIpc) is 2.56. The molecule has 1 unspecified atom stereocenters. The standard InChI is InChI=1S/C17H28N4O/c1-2-19-9-5-7-17(22,14-19)15-20-10-12-21(13-11-20)16-6-3-4-8-18-16/h3-4,6,8,22H,2,5,7,9-15H2,1H3. The summed E-state index contributed by atoms with van der Waals surface area (Å²) in [5, 5.41) is 10.9. The minimum absolute atomic E-state index is 0.526. The van der Waals surface area contributed by atoms with Crippen molar-refractivity contribution in [1.29, 1.82) is 0 Å². The minimum Gasteiger partial charge on any atom is -0.387 e. The maximum Gasteiger partial charge on any atom is 0.128 e. The Labute approximate surface area is 133 Å². The van der Waals surface area contributed by atoms with E-state index in [1.54, 1.807) is 0 Å². The van der Waals surface area contributed by atoms with Crippen LogP contribution in [-0.4, -0.2) is 77.8 Å². The molecule has 1 N–H and O–H groups in total. The number of pyridine rings is 1. The van der Waals surface area contributed by atoms with Gasteiger partial charge < -0.3 is 14.9 Å². The van der Waals surface area contributed by atoms with Crippen LogP contribution in [0.3, 0.4) is 0 Å². The number of rotatable bonds is 4. The lowest BCUT2D eigenvalue weighted by atomic mass is 9.92. The predicted octanol–water partition coefficient (Wildman–Crippen LogP) is 1.05. The highest BCUT2D eigenvalue weighted by Gasteiger charge is 2.35. The van der Waals surface area contributed by atoms with Gasteiger partial charge in [0.05, 0.1) is 5.60 Å². The second kappa shape index (κ2) is 6.94. The van der Waals surface area contributed by atoms with E-state index >= 15 is 0 Å². The van der Waals surface area contributed by atoms with Crippen LogP contribution in [0.5, 0.6) is 0 Å². The normalized spacial score (nSPS) is 28.0. The molecule has 0 saturated carbocycles. The summed E-state index contributed by atoms with van der Waals surface area (Å²) in [6.07, 6.45) is 3.90. The fraction of sp³-hybridized carbons (Fsp3) is 0.706. The molecule has 122 valence electrons. The molecule has 0 aromatic carbocycles. The number of likely N-dealkylation sites (N-methyl/N-ethyl adjacent to an activating group) is 1. The molecule has 1 atom stereocenters. The number of β-amino-alcohol motifs (C(OH)–C–C–N with tert-alkyl or cyclic N) is 1. The summed E-state index contributed by atoms with van der Waals surface area (Å²) in [7, 11) is 0. The van der Waals surface area contributed by atoms with Crippen LogP contribution in [0.1, 0.15) is 19.8 Å². The molecular weight excluding hydrogens is 276 g/mol. The van der Waals surface area contributed by atoms with Gasteiger partial charge in [-0.3, -0.25) is 4.90 Å². The molecule has 3 heterocycles. The Hall–Kier alpha value is -1.17. The van der Waals surface area contributed by atoms with Crippen molar-refractivity contribution in [3.63, 3.8) is 0 Å². The van der Waals surface area contributed by atoms with Crippen molar-refractivity contribution in [3.8, 4) is 0 Å². The molecular formula is C17H28N4O. The molecule has 2 saturated heterocycles. The van der Waals surface area contributed by atoms with E-state index in [9.17, 15) is 5.11 Å². The highest BCUT2D eigenvalue weighted by Crippen LogP contribution is 2.23. The lowest BCUT2D eigenvalue weighted by Gasteiger charge is -2.44. The molecule has 5 heteroatoms. The predicted molar refractivity (Wildman–Crippen MR) is 89.2 cm³/mol. The monoisotopic (exact) mass is 304 g/mol. The Morgan fingerprint density at radius 3 is 2.64 bits per heavy atom. The van der Waals surface area contributed by atoms with Gasteiger partial charge in [0.25, 0.3) is 0 Å². The van der Waals surface area contributed by atoms with Crippen molar-refractivity contribution < 1.29 is 5.11 Å². The summed E-state index contributed by atoms with van der Waals surface area (Å²) >= 11 is 0. The van der Waals surface area contributed by atoms with Crippen molar-refractivity contribution in [3.05, 3.63) is 24.4 Å². The molecule has 2 aliphatic rings. The Kier molecular flexibility index (Phi) is 4.96. The average molecular weight is 304 g/mol. The molecule has 0 spiro atoms. The van der Waals surface area contributed by atoms with Crippen LogP contribution in [0.4, 0.5) is 5.82 Å². The van der Waals surface area contributed by atoms with Gasteiger partial charge >= 0.3 is 0 Å². The largest absolute Gasteiger partial charge is 0.387 e. The summed E-state index contributed by atoms with van der Waals surface area (Å²) in [5.74, 6) is 1.07. The zero-order valence-electron chi connectivity index (χ0n) is 13.6. The smallest absolute Gasteiger partial charge is 0.128 e. The third-order valence-electron chi connectivity index (χ3n) is 4.95.